The molecule has 5 heteroatoms. The minimum absolute atomic E-state index is 0.0835. The second-order valence-electron chi connectivity index (χ2n) is 4.00. The molecular weight excluding hydrogens is 272 g/mol. The van der Waals surface area contributed by atoms with Gasteiger partial charge in [-0.05, 0) is 35.8 Å². The largest absolute Gasteiger partial charge is 0.490 e. The highest BCUT2D eigenvalue weighted by Crippen LogP contribution is 2.38. The molecule has 0 radical (unpaired) electrons. The third-order valence-electron chi connectivity index (χ3n) is 2.34. The minimum atomic E-state index is -0.584. The fourth-order valence-corrected chi connectivity index (χ4v) is 2.08. The van der Waals surface area contributed by atoms with Crippen molar-refractivity contribution in [3.05, 3.63) is 22.2 Å². The molecule has 1 heterocycles. The molecule has 0 bridgehead atoms. The first-order valence-corrected chi connectivity index (χ1v) is 5.85. The smallest absolute Gasteiger partial charge is 0.245 e. The maximum atomic E-state index is 11.4. The number of halogens is 1. The van der Waals surface area contributed by atoms with Crippen LogP contribution in [0.2, 0.25) is 0 Å². The minimum Gasteiger partial charge on any atom is -0.490 e. The first-order chi connectivity index (χ1) is 7.49. The van der Waals surface area contributed by atoms with Crippen molar-refractivity contribution in [2.45, 2.75) is 26.0 Å². The number of fused-ring (bicyclic) bond motifs is 1. The van der Waals surface area contributed by atoms with Crippen molar-refractivity contribution in [3.8, 4) is 5.75 Å². The van der Waals surface area contributed by atoms with Crippen LogP contribution in [0, 0.1) is 0 Å². The monoisotopic (exact) mass is 284 g/mol. The first kappa shape index (κ1) is 11.4. The lowest BCUT2D eigenvalue weighted by Crippen LogP contribution is -2.19. The Morgan fingerprint density at radius 3 is 2.81 bits per heavy atom. The summed E-state index contributed by atoms with van der Waals surface area (Å²) in [5.41, 5.74) is 7.27. The Morgan fingerprint density at radius 2 is 2.19 bits per heavy atom. The number of carbonyl (C=O) groups excluding carboxylic acids is 1. The van der Waals surface area contributed by atoms with E-state index in [1.807, 2.05) is 19.9 Å². The van der Waals surface area contributed by atoms with Gasteiger partial charge in [0, 0.05) is 17.3 Å². The highest BCUT2D eigenvalue weighted by molar-refractivity contribution is 9.10. The Balaban J connectivity index is 2.40. The van der Waals surface area contributed by atoms with Crippen molar-refractivity contribution in [1.29, 1.82) is 0 Å². The van der Waals surface area contributed by atoms with Gasteiger partial charge in [0.2, 0.25) is 5.91 Å². The number of nitrogens with one attached hydrogen (secondary N) is 1. The molecule has 1 aromatic carbocycles. The molecule has 0 aliphatic carbocycles. The number of benzene rings is 1. The van der Waals surface area contributed by atoms with Gasteiger partial charge < -0.3 is 15.8 Å². The molecule has 4 nitrogen and oxygen atoms in total. The van der Waals surface area contributed by atoms with E-state index in [0.29, 0.717) is 5.75 Å². The van der Waals surface area contributed by atoms with Crippen LogP contribution >= 0.6 is 15.9 Å². The topological polar surface area (TPSA) is 64.3 Å². The molecule has 1 aliphatic rings. The maximum Gasteiger partial charge on any atom is 0.245 e. The summed E-state index contributed by atoms with van der Waals surface area (Å²) in [6.45, 7) is 3.90. The van der Waals surface area contributed by atoms with Crippen LogP contribution in [0.15, 0.2) is 16.6 Å². The Bertz CT molecular complexity index is 446. The molecule has 1 unspecified atom stereocenters. The Hall–Kier alpha value is -1.07. The van der Waals surface area contributed by atoms with Crippen molar-refractivity contribution in [2.75, 3.05) is 5.32 Å². The summed E-state index contributed by atoms with van der Waals surface area (Å²) in [5, 5.41) is 2.72. The van der Waals surface area contributed by atoms with Crippen LogP contribution in [0.5, 0.6) is 5.75 Å². The maximum absolute atomic E-state index is 11.4. The van der Waals surface area contributed by atoms with E-state index in [1.54, 1.807) is 6.07 Å². The molecular formula is C11H13BrN2O2. The molecule has 1 amide bonds. The molecule has 0 saturated heterocycles. The fourth-order valence-electron chi connectivity index (χ4n) is 1.63. The van der Waals surface area contributed by atoms with Crippen molar-refractivity contribution in [2.24, 2.45) is 5.73 Å². The van der Waals surface area contributed by atoms with Gasteiger partial charge in [0.25, 0.3) is 0 Å². The zero-order chi connectivity index (χ0) is 11.9. The van der Waals surface area contributed by atoms with Crippen molar-refractivity contribution in [1.82, 2.24) is 0 Å². The highest BCUT2D eigenvalue weighted by Gasteiger charge is 2.28. The van der Waals surface area contributed by atoms with E-state index in [-0.39, 0.29) is 12.0 Å². The molecule has 3 N–H and O–H groups in total. The van der Waals surface area contributed by atoms with Crippen LogP contribution in [-0.2, 0) is 4.79 Å². The molecule has 0 saturated carbocycles. The van der Waals surface area contributed by atoms with E-state index in [4.69, 9.17) is 10.5 Å². The standard InChI is InChI=1S/C11H13BrN2O2/c1-5(2)16-9-4-8-6(3-7(9)12)10(13)11(15)14-8/h3-5,10H,13H2,1-2H3,(H,14,15). The number of carbonyl (C=O) groups is 1. The van der Waals surface area contributed by atoms with Crippen LogP contribution in [0.3, 0.4) is 0 Å². The Morgan fingerprint density at radius 1 is 1.50 bits per heavy atom. The Kier molecular flexibility index (Phi) is 2.90. The summed E-state index contributed by atoms with van der Waals surface area (Å²) in [5.74, 6) is 0.534. The average Bonchev–Trinajstić information content (AvgIpc) is 2.44. The average molecular weight is 285 g/mol. The van der Waals surface area contributed by atoms with Crippen LogP contribution in [0.1, 0.15) is 25.5 Å². The predicted molar refractivity (Wildman–Crippen MR) is 65.5 cm³/mol. The number of hydrogen-bond donors (Lipinski definition) is 2. The summed E-state index contributed by atoms with van der Waals surface area (Å²) < 4.78 is 6.41. The van der Waals surface area contributed by atoms with Gasteiger partial charge in [-0.3, -0.25) is 4.79 Å². The Labute approximate surface area is 102 Å². The third-order valence-corrected chi connectivity index (χ3v) is 2.96. The van der Waals surface area contributed by atoms with Gasteiger partial charge in [-0.2, -0.15) is 0 Å². The van der Waals surface area contributed by atoms with Gasteiger partial charge in [0.1, 0.15) is 11.8 Å². The van der Waals surface area contributed by atoms with Gasteiger partial charge in [-0.1, -0.05) is 0 Å². The van der Waals surface area contributed by atoms with Crippen molar-refractivity contribution >= 4 is 27.5 Å². The van der Waals surface area contributed by atoms with Gasteiger partial charge in [-0.25, -0.2) is 0 Å². The molecule has 2 rings (SSSR count). The van der Waals surface area contributed by atoms with Crippen LogP contribution < -0.4 is 15.8 Å². The summed E-state index contributed by atoms with van der Waals surface area (Å²) in [6.07, 6.45) is 0.0835. The SMILES string of the molecule is CC(C)Oc1cc2c(cc1Br)C(N)C(=O)N2. The predicted octanol–water partition coefficient (Wildman–Crippen LogP) is 2.19. The molecule has 1 atom stereocenters. The second-order valence-corrected chi connectivity index (χ2v) is 4.86. The number of anilines is 1. The van der Waals surface area contributed by atoms with E-state index in [0.717, 1.165) is 15.7 Å². The molecule has 1 aliphatic heterocycles. The number of ether oxygens (including phenoxy) is 1. The molecule has 1 aromatic rings. The zero-order valence-electron chi connectivity index (χ0n) is 9.08. The molecule has 0 fully saturated rings. The van der Waals surface area contributed by atoms with E-state index >= 15 is 0 Å². The van der Waals surface area contributed by atoms with Crippen molar-refractivity contribution < 1.29 is 9.53 Å². The number of rotatable bonds is 2. The highest BCUT2D eigenvalue weighted by atomic mass is 79.9. The van der Waals surface area contributed by atoms with Gasteiger partial charge in [0.15, 0.2) is 0 Å². The lowest BCUT2D eigenvalue weighted by Gasteiger charge is -2.13. The van der Waals surface area contributed by atoms with Crippen LogP contribution in [0.4, 0.5) is 5.69 Å². The number of amides is 1. The summed E-state index contributed by atoms with van der Waals surface area (Å²) >= 11 is 3.41. The molecule has 16 heavy (non-hydrogen) atoms. The first-order valence-electron chi connectivity index (χ1n) is 5.05. The van der Waals surface area contributed by atoms with E-state index in [1.165, 1.54) is 0 Å². The summed E-state index contributed by atoms with van der Waals surface area (Å²) in [7, 11) is 0. The molecule has 0 aromatic heterocycles. The van der Waals surface area contributed by atoms with Crippen LogP contribution in [-0.4, -0.2) is 12.0 Å². The zero-order valence-corrected chi connectivity index (χ0v) is 10.7. The lowest BCUT2D eigenvalue weighted by atomic mass is 10.1. The summed E-state index contributed by atoms with van der Waals surface area (Å²) in [4.78, 5) is 11.4. The van der Waals surface area contributed by atoms with Gasteiger partial charge >= 0.3 is 0 Å². The van der Waals surface area contributed by atoms with E-state index < -0.39 is 6.04 Å². The normalized spacial score (nSPS) is 18.6. The summed E-state index contributed by atoms with van der Waals surface area (Å²) in [6, 6.07) is 3.04. The van der Waals surface area contributed by atoms with E-state index in [2.05, 4.69) is 21.2 Å². The quantitative estimate of drug-likeness (QED) is 0.875. The second kappa shape index (κ2) is 4.07. The van der Waals surface area contributed by atoms with Gasteiger partial charge in [-0.15, -0.1) is 0 Å². The third kappa shape index (κ3) is 1.92. The lowest BCUT2D eigenvalue weighted by molar-refractivity contribution is -0.116. The molecule has 86 valence electrons. The number of nitrogens with two attached hydrogens (primary N) is 1. The fraction of sp³-hybridized carbons (Fsp3) is 0.364. The van der Waals surface area contributed by atoms with Gasteiger partial charge in [0.05, 0.1) is 10.6 Å². The van der Waals surface area contributed by atoms with Crippen molar-refractivity contribution in [3.63, 3.8) is 0 Å². The molecule has 0 spiro atoms. The van der Waals surface area contributed by atoms with Crippen LogP contribution in [0.25, 0.3) is 0 Å². The number of hydrogen-bond acceptors (Lipinski definition) is 3. The van der Waals surface area contributed by atoms with E-state index in [9.17, 15) is 4.79 Å².